The lowest BCUT2D eigenvalue weighted by Gasteiger charge is -2.32. The van der Waals surface area contributed by atoms with Crippen molar-refractivity contribution < 1.29 is 18.0 Å². The van der Waals surface area contributed by atoms with Gasteiger partial charge in [0.05, 0.1) is 30.7 Å². The molecule has 0 aliphatic heterocycles. The molecule has 0 saturated heterocycles. The van der Waals surface area contributed by atoms with Crippen molar-refractivity contribution in [3.63, 3.8) is 0 Å². The second-order valence-corrected chi connectivity index (χ2v) is 13.3. The minimum Gasteiger partial charge on any atom is -0.352 e. The van der Waals surface area contributed by atoms with E-state index in [1.807, 2.05) is 0 Å². The Bertz CT molecular complexity index is 1520. The summed E-state index contributed by atoms with van der Waals surface area (Å²) >= 11 is 25.0. The minimum atomic E-state index is -4.27. The van der Waals surface area contributed by atoms with Gasteiger partial charge in [0.2, 0.25) is 11.8 Å². The van der Waals surface area contributed by atoms with Crippen LogP contribution in [-0.2, 0) is 26.2 Å². The number of rotatable bonds is 10. The van der Waals surface area contributed by atoms with Crippen LogP contribution in [0.3, 0.4) is 0 Å². The number of benzene rings is 3. The van der Waals surface area contributed by atoms with E-state index in [2.05, 4.69) is 5.32 Å². The molecule has 1 N–H and O–H groups in total. The van der Waals surface area contributed by atoms with Crippen molar-refractivity contribution in [1.82, 2.24) is 10.2 Å². The van der Waals surface area contributed by atoms with E-state index in [1.165, 1.54) is 29.2 Å². The zero-order valence-electron chi connectivity index (χ0n) is 22.2. The maximum atomic E-state index is 14.0. The van der Waals surface area contributed by atoms with Crippen LogP contribution in [0.2, 0.25) is 20.1 Å². The SMILES string of the molecule is CC(C(=O)NC1CCCC1)N(Cc1ccc(Cl)c(Cl)c1)C(=O)CN(c1cccc(Cl)c1Cl)S(=O)(=O)c1ccccc1. The molecular weight excluding hydrogens is 628 g/mol. The van der Waals surface area contributed by atoms with E-state index in [-0.39, 0.29) is 39.1 Å². The number of carbonyl (C=O) groups is 2. The van der Waals surface area contributed by atoms with Crippen LogP contribution in [0.1, 0.15) is 38.2 Å². The second-order valence-electron chi connectivity index (χ2n) is 9.83. The molecule has 1 atom stereocenters. The van der Waals surface area contributed by atoms with Crippen molar-refractivity contribution >= 4 is 73.9 Å². The summed E-state index contributed by atoms with van der Waals surface area (Å²) in [5, 5.41) is 3.76. The predicted octanol–water partition coefficient (Wildman–Crippen LogP) is 6.97. The highest BCUT2D eigenvalue weighted by Crippen LogP contribution is 2.35. The highest BCUT2D eigenvalue weighted by Gasteiger charge is 2.34. The van der Waals surface area contributed by atoms with Crippen LogP contribution >= 0.6 is 46.4 Å². The van der Waals surface area contributed by atoms with Gasteiger partial charge in [0.1, 0.15) is 12.6 Å². The van der Waals surface area contributed by atoms with Crippen LogP contribution in [0, 0.1) is 0 Å². The third-order valence-electron chi connectivity index (χ3n) is 7.02. The number of carbonyl (C=O) groups excluding carboxylic acids is 2. The summed E-state index contributed by atoms with van der Waals surface area (Å²) in [7, 11) is -4.27. The molecule has 0 aromatic heterocycles. The zero-order valence-corrected chi connectivity index (χ0v) is 26.0. The smallest absolute Gasteiger partial charge is 0.264 e. The second kappa shape index (κ2) is 13.7. The fraction of sp³-hybridized carbons (Fsp3) is 0.310. The van der Waals surface area contributed by atoms with Gasteiger partial charge in [-0.25, -0.2) is 8.42 Å². The summed E-state index contributed by atoms with van der Waals surface area (Å²) in [6.07, 6.45) is 3.79. The Morgan fingerprint density at radius 3 is 2.24 bits per heavy atom. The molecule has 3 aromatic carbocycles. The average molecular weight is 657 g/mol. The predicted molar refractivity (Wildman–Crippen MR) is 164 cm³/mol. The topological polar surface area (TPSA) is 86.8 Å². The van der Waals surface area contributed by atoms with Crippen molar-refractivity contribution in [3.8, 4) is 0 Å². The fourth-order valence-corrected chi connectivity index (χ4v) is 6.94. The highest BCUT2D eigenvalue weighted by molar-refractivity contribution is 7.92. The summed E-state index contributed by atoms with van der Waals surface area (Å²) < 4.78 is 28.7. The maximum absolute atomic E-state index is 14.0. The van der Waals surface area contributed by atoms with Gasteiger partial charge in [-0.3, -0.25) is 13.9 Å². The Morgan fingerprint density at radius 2 is 1.59 bits per heavy atom. The molecule has 12 heteroatoms. The van der Waals surface area contributed by atoms with Gasteiger partial charge < -0.3 is 10.2 Å². The zero-order chi connectivity index (χ0) is 29.7. The lowest BCUT2D eigenvalue weighted by Crippen LogP contribution is -2.52. The molecule has 0 heterocycles. The first-order valence-corrected chi connectivity index (χ1v) is 16.0. The number of anilines is 1. The van der Waals surface area contributed by atoms with Crippen molar-refractivity contribution in [2.45, 2.75) is 56.1 Å². The Labute approximate surface area is 260 Å². The number of nitrogens with zero attached hydrogens (tertiary/aromatic N) is 2. The molecule has 1 unspecified atom stereocenters. The van der Waals surface area contributed by atoms with Gasteiger partial charge in [-0.1, -0.05) is 89.6 Å². The van der Waals surface area contributed by atoms with Crippen LogP contribution in [0.15, 0.2) is 71.6 Å². The summed E-state index contributed by atoms with van der Waals surface area (Å²) in [6, 6.07) is 16.3. The monoisotopic (exact) mass is 655 g/mol. The number of hydrogen-bond acceptors (Lipinski definition) is 4. The van der Waals surface area contributed by atoms with E-state index in [0.717, 1.165) is 30.0 Å². The molecule has 218 valence electrons. The molecule has 1 fully saturated rings. The first-order valence-electron chi connectivity index (χ1n) is 13.0. The lowest BCUT2D eigenvalue weighted by molar-refractivity contribution is -0.139. The van der Waals surface area contributed by atoms with E-state index in [0.29, 0.717) is 15.6 Å². The van der Waals surface area contributed by atoms with Gasteiger partial charge in [0, 0.05) is 12.6 Å². The number of sulfonamides is 1. The molecule has 0 bridgehead atoms. The number of amides is 2. The summed E-state index contributed by atoms with van der Waals surface area (Å²) in [5.41, 5.74) is 0.653. The fourth-order valence-electron chi connectivity index (χ4n) is 4.73. The molecule has 1 saturated carbocycles. The Hall–Kier alpha value is -2.49. The summed E-state index contributed by atoms with van der Waals surface area (Å²) in [5.74, 6) is -0.954. The third-order valence-corrected chi connectivity index (χ3v) is 10.3. The van der Waals surface area contributed by atoms with Gasteiger partial charge in [-0.05, 0) is 61.7 Å². The lowest BCUT2D eigenvalue weighted by atomic mass is 10.1. The van der Waals surface area contributed by atoms with Gasteiger partial charge in [0.15, 0.2) is 0 Å². The van der Waals surface area contributed by atoms with Gasteiger partial charge >= 0.3 is 0 Å². The van der Waals surface area contributed by atoms with Crippen LogP contribution in [-0.4, -0.2) is 43.8 Å². The third kappa shape index (κ3) is 7.48. The van der Waals surface area contributed by atoms with Crippen LogP contribution < -0.4 is 9.62 Å². The summed E-state index contributed by atoms with van der Waals surface area (Å²) in [6.45, 7) is 0.958. The summed E-state index contributed by atoms with van der Waals surface area (Å²) in [4.78, 5) is 28.6. The molecule has 3 aromatic rings. The van der Waals surface area contributed by atoms with Crippen molar-refractivity contribution in [1.29, 1.82) is 0 Å². The normalized spacial score (nSPS) is 14.5. The first-order chi connectivity index (χ1) is 19.5. The van der Waals surface area contributed by atoms with Crippen molar-refractivity contribution in [2.24, 2.45) is 0 Å². The molecular formula is C29H29Cl4N3O4S. The van der Waals surface area contributed by atoms with Gasteiger partial charge in [0.25, 0.3) is 10.0 Å². The van der Waals surface area contributed by atoms with E-state index >= 15 is 0 Å². The quantitative estimate of drug-likeness (QED) is 0.255. The van der Waals surface area contributed by atoms with E-state index in [1.54, 1.807) is 49.4 Å². The molecule has 7 nitrogen and oxygen atoms in total. The van der Waals surface area contributed by atoms with Crippen molar-refractivity contribution in [3.05, 3.63) is 92.4 Å². The Morgan fingerprint density at radius 1 is 0.902 bits per heavy atom. The number of nitrogens with one attached hydrogen (secondary N) is 1. The van der Waals surface area contributed by atoms with E-state index in [9.17, 15) is 18.0 Å². The van der Waals surface area contributed by atoms with Crippen LogP contribution in [0.4, 0.5) is 5.69 Å². The molecule has 2 amide bonds. The van der Waals surface area contributed by atoms with Gasteiger partial charge in [-0.15, -0.1) is 0 Å². The highest BCUT2D eigenvalue weighted by atomic mass is 35.5. The number of halogens is 4. The van der Waals surface area contributed by atoms with Gasteiger partial charge in [-0.2, -0.15) is 0 Å². The molecule has 1 aliphatic rings. The van der Waals surface area contributed by atoms with E-state index < -0.39 is 28.5 Å². The average Bonchev–Trinajstić information content (AvgIpc) is 3.47. The molecule has 0 radical (unpaired) electrons. The molecule has 1 aliphatic carbocycles. The van der Waals surface area contributed by atoms with Crippen LogP contribution in [0.5, 0.6) is 0 Å². The molecule has 41 heavy (non-hydrogen) atoms. The van der Waals surface area contributed by atoms with Crippen LogP contribution in [0.25, 0.3) is 0 Å². The maximum Gasteiger partial charge on any atom is 0.264 e. The Kier molecular flexibility index (Phi) is 10.5. The first kappa shape index (κ1) is 31.4. The minimum absolute atomic E-state index is 0.0164. The Balaban J connectivity index is 1.72. The molecule has 0 spiro atoms. The number of hydrogen-bond donors (Lipinski definition) is 1. The van der Waals surface area contributed by atoms with Crippen molar-refractivity contribution in [2.75, 3.05) is 10.8 Å². The van der Waals surface area contributed by atoms with E-state index in [4.69, 9.17) is 46.4 Å². The molecule has 4 rings (SSSR count). The largest absolute Gasteiger partial charge is 0.352 e. The standard InChI is InChI=1S/C29H29Cl4N3O4S/c1-19(29(38)34-21-8-5-6-9-21)35(17-20-14-15-23(30)25(32)16-20)27(37)18-36(26-13-7-12-24(31)28(26)33)41(39,40)22-10-3-2-4-11-22/h2-4,7,10-16,19,21H,5-6,8-9,17-18H2,1H3,(H,34,38).